The van der Waals surface area contributed by atoms with Crippen LogP contribution in [-0.4, -0.2) is 4.98 Å². The van der Waals surface area contributed by atoms with Crippen LogP contribution in [0, 0.1) is 11.3 Å². The van der Waals surface area contributed by atoms with Crippen LogP contribution < -0.4 is 0 Å². The second kappa shape index (κ2) is 3.06. The Morgan fingerprint density at radius 2 is 2.23 bits per heavy atom. The van der Waals surface area contributed by atoms with E-state index in [4.69, 9.17) is 16.9 Å². The van der Waals surface area contributed by atoms with Crippen LogP contribution in [-0.2, 0) is 0 Å². The molecule has 1 heterocycles. The minimum atomic E-state index is 0.399. The predicted molar refractivity (Wildman–Crippen MR) is 55.7 cm³/mol. The average Bonchev–Trinajstić information content (AvgIpc) is 2.40. The molecule has 0 aliphatic rings. The summed E-state index contributed by atoms with van der Waals surface area (Å²) in [4.78, 5) is 2.93. The standard InChI is InChI=1S/C9H4BrClN2/c10-5-1-2-8-6(3-5)7(4-12)9(11)13-8/h1-3,13H. The Hall–Kier alpha value is -0.980. The number of benzene rings is 1. The summed E-state index contributed by atoms with van der Waals surface area (Å²) in [6.07, 6.45) is 0. The molecule has 2 aromatic rings. The number of aromatic nitrogens is 1. The summed E-state index contributed by atoms with van der Waals surface area (Å²) in [5.41, 5.74) is 1.38. The minimum Gasteiger partial charge on any atom is -0.344 e. The second-order valence-electron chi connectivity index (χ2n) is 2.62. The fraction of sp³-hybridized carbons (Fsp3) is 0. The topological polar surface area (TPSA) is 39.6 Å². The molecule has 0 aliphatic heterocycles. The zero-order valence-corrected chi connectivity index (χ0v) is 8.78. The molecule has 0 spiro atoms. The molecule has 1 aromatic carbocycles. The Morgan fingerprint density at radius 1 is 1.46 bits per heavy atom. The number of nitrogens with one attached hydrogen (secondary N) is 1. The molecule has 0 atom stereocenters. The quantitative estimate of drug-likeness (QED) is 0.769. The number of H-pyrrole nitrogens is 1. The first-order chi connectivity index (χ1) is 6.22. The van der Waals surface area contributed by atoms with Crippen molar-refractivity contribution in [2.75, 3.05) is 0 Å². The van der Waals surface area contributed by atoms with Gasteiger partial charge in [-0.2, -0.15) is 5.26 Å². The van der Waals surface area contributed by atoms with Crippen molar-refractivity contribution >= 4 is 38.4 Å². The SMILES string of the molecule is N#Cc1c(Cl)[nH]c2ccc(Br)cc12. The van der Waals surface area contributed by atoms with Gasteiger partial charge in [0.15, 0.2) is 0 Å². The molecule has 0 saturated heterocycles. The van der Waals surface area contributed by atoms with Crippen LogP contribution in [0.25, 0.3) is 10.9 Å². The van der Waals surface area contributed by atoms with Gasteiger partial charge in [0.2, 0.25) is 0 Å². The molecule has 2 rings (SSSR count). The van der Waals surface area contributed by atoms with Gasteiger partial charge >= 0.3 is 0 Å². The summed E-state index contributed by atoms with van der Waals surface area (Å²) < 4.78 is 0.937. The van der Waals surface area contributed by atoms with E-state index in [1.165, 1.54) is 0 Å². The third-order valence-electron chi connectivity index (χ3n) is 1.83. The van der Waals surface area contributed by atoms with Crippen LogP contribution in [0.1, 0.15) is 5.56 Å². The molecule has 0 amide bonds. The maximum Gasteiger partial charge on any atom is 0.125 e. The molecule has 13 heavy (non-hydrogen) atoms. The van der Waals surface area contributed by atoms with Crippen LogP contribution in [0.4, 0.5) is 0 Å². The zero-order valence-electron chi connectivity index (χ0n) is 6.44. The van der Waals surface area contributed by atoms with Gasteiger partial charge in [-0.15, -0.1) is 0 Å². The lowest BCUT2D eigenvalue weighted by atomic mass is 10.2. The number of fused-ring (bicyclic) bond motifs is 1. The normalized spacial score (nSPS) is 10.2. The summed E-state index contributed by atoms with van der Waals surface area (Å²) in [7, 11) is 0. The smallest absolute Gasteiger partial charge is 0.125 e. The van der Waals surface area contributed by atoms with E-state index in [9.17, 15) is 0 Å². The lowest BCUT2D eigenvalue weighted by Crippen LogP contribution is -1.70. The molecule has 64 valence electrons. The van der Waals surface area contributed by atoms with Gasteiger partial charge in [-0.1, -0.05) is 27.5 Å². The van der Waals surface area contributed by atoms with Crippen molar-refractivity contribution in [1.82, 2.24) is 4.98 Å². The number of hydrogen-bond acceptors (Lipinski definition) is 1. The second-order valence-corrected chi connectivity index (χ2v) is 3.91. The highest BCUT2D eigenvalue weighted by Crippen LogP contribution is 2.27. The van der Waals surface area contributed by atoms with Crippen LogP contribution in [0.5, 0.6) is 0 Å². The molecule has 0 aliphatic carbocycles. The largest absolute Gasteiger partial charge is 0.344 e. The van der Waals surface area contributed by atoms with E-state index in [0.29, 0.717) is 10.7 Å². The fourth-order valence-corrected chi connectivity index (χ4v) is 1.85. The first-order valence-corrected chi connectivity index (χ1v) is 4.76. The predicted octanol–water partition coefficient (Wildman–Crippen LogP) is 3.46. The van der Waals surface area contributed by atoms with E-state index in [0.717, 1.165) is 15.4 Å². The number of nitrogens with zero attached hydrogens (tertiary/aromatic N) is 1. The van der Waals surface area contributed by atoms with Crippen LogP contribution in [0.15, 0.2) is 22.7 Å². The summed E-state index contributed by atoms with van der Waals surface area (Å²) >= 11 is 9.17. The zero-order chi connectivity index (χ0) is 9.42. The average molecular weight is 256 g/mol. The maximum atomic E-state index is 8.83. The highest BCUT2D eigenvalue weighted by atomic mass is 79.9. The Kier molecular flexibility index (Phi) is 2.03. The van der Waals surface area contributed by atoms with E-state index in [1.54, 1.807) is 0 Å². The summed E-state index contributed by atoms with van der Waals surface area (Å²) in [5, 5.41) is 10.1. The molecule has 0 unspecified atom stereocenters. The van der Waals surface area contributed by atoms with Crippen molar-refractivity contribution < 1.29 is 0 Å². The van der Waals surface area contributed by atoms with E-state index >= 15 is 0 Å². The third-order valence-corrected chi connectivity index (χ3v) is 2.60. The van der Waals surface area contributed by atoms with Crippen molar-refractivity contribution in [1.29, 1.82) is 5.26 Å². The number of aromatic amines is 1. The lowest BCUT2D eigenvalue weighted by Gasteiger charge is -1.90. The maximum absolute atomic E-state index is 8.83. The van der Waals surface area contributed by atoms with Gasteiger partial charge in [0.1, 0.15) is 11.2 Å². The van der Waals surface area contributed by atoms with Gasteiger partial charge in [0, 0.05) is 15.4 Å². The van der Waals surface area contributed by atoms with Crippen molar-refractivity contribution in [2.24, 2.45) is 0 Å². The Labute approximate surface area is 88.3 Å². The lowest BCUT2D eigenvalue weighted by molar-refractivity contribution is 1.44. The van der Waals surface area contributed by atoms with Crippen molar-refractivity contribution in [2.45, 2.75) is 0 Å². The van der Waals surface area contributed by atoms with E-state index in [-0.39, 0.29) is 0 Å². The number of hydrogen-bond donors (Lipinski definition) is 1. The molecule has 1 N–H and O–H groups in total. The van der Waals surface area contributed by atoms with Gasteiger partial charge in [-0.05, 0) is 18.2 Å². The molecule has 1 aromatic heterocycles. The van der Waals surface area contributed by atoms with Crippen molar-refractivity contribution in [3.63, 3.8) is 0 Å². The molecule has 2 nitrogen and oxygen atoms in total. The molecule has 4 heteroatoms. The molecular weight excluding hydrogens is 251 g/mol. The van der Waals surface area contributed by atoms with Crippen LogP contribution in [0.2, 0.25) is 5.15 Å². The number of halogens is 2. The Bertz CT molecular complexity index is 510. The molecular formula is C9H4BrClN2. The first kappa shape index (κ1) is 8.61. The first-order valence-electron chi connectivity index (χ1n) is 3.59. The van der Waals surface area contributed by atoms with Crippen molar-refractivity contribution in [3.8, 4) is 6.07 Å². The van der Waals surface area contributed by atoms with Gasteiger partial charge < -0.3 is 4.98 Å². The summed E-state index contributed by atoms with van der Waals surface area (Å²) in [6.45, 7) is 0. The fourth-order valence-electron chi connectivity index (χ4n) is 1.24. The molecule has 0 radical (unpaired) electrons. The number of nitriles is 1. The highest BCUT2D eigenvalue weighted by molar-refractivity contribution is 9.10. The Balaban J connectivity index is 2.91. The van der Waals surface area contributed by atoms with Crippen LogP contribution in [0.3, 0.4) is 0 Å². The third kappa shape index (κ3) is 1.32. The van der Waals surface area contributed by atoms with Gasteiger partial charge in [-0.3, -0.25) is 0 Å². The number of rotatable bonds is 0. The summed E-state index contributed by atoms with van der Waals surface area (Å²) in [6, 6.07) is 7.71. The monoisotopic (exact) mass is 254 g/mol. The molecule has 0 fully saturated rings. The minimum absolute atomic E-state index is 0.399. The molecule has 0 bridgehead atoms. The van der Waals surface area contributed by atoms with E-state index < -0.39 is 0 Å². The highest BCUT2D eigenvalue weighted by Gasteiger charge is 2.08. The van der Waals surface area contributed by atoms with Crippen LogP contribution >= 0.6 is 27.5 Å². The van der Waals surface area contributed by atoms with Gasteiger partial charge in [-0.25, -0.2) is 0 Å². The Morgan fingerprint density at radius 3 is 2.92 bits per heavy atom. The summed E-state index contributed by atoms with van der Waals surface area (Å²) in [5.74, 6) is 0. The van der Waals surface area contributed by atoms with E-state index in [2.05, 4.69) is 27.0 Å². The van der Waals surface area contributed by atoms with Crippen molar-refractivity contribution in [3.05, 3.63) is 33.4 Å². The van der Waals surface area contributed by atoms with Gasteiger partial charge in [0.25, 0.3) is 0 Å². The molecule has 0 saturated carbocycles. The van der Waals surface area contributed by atoms with Gasteiger partial charge in [0.05, 0.1) is 5.56 Å². The van der Waals surface area contributed by atoms with E-state index in [1.807, 2.05) is 18.2 Å².